The van der Waals surface area contributed by atoms with Crippen LogP contribution >= 0.6 is 22.6 Å². The van der Waals surface area contributed by atoms with Crippen molar-refractivity contribution in [3.8, 4) is 5.75 Å². The first-order valence-corrected chi connectivity index (χ1v) is 7.67. The molecule has 0 unspecified atom stereocenters. The Kier molecular flexibility index (Phi) is 5.44. The molecule has 2 aromatic carbocycles. The summed E-state index contributed by atoms with van der Waals surface area (Å²) in [7, 11) is 0. The van der Waals surface area contributed by atoms with Gasteiger partial charge in [-0.15, -0.1) is 0 Å². The van der Waals surface area contributed by atoms with Crippen molar-refractivity contribution >= 4 is 39.9 Å². The number of nitrogens with one attached hydrogen (secondary N) is 1. The first-order valence-electron chi connectivity index (χ1n) is 6.59. The first-order chi connectivity index (χ1) is 10.0. The molecular formula is C16H17IN2O2. The number of benzene rings is 2. The minimum atomic E-state index is -0.0886. The number of carbonyl (C=O) groups is 1. The summed E-state index contributed by atoms with van der Waals surface area (Å²) < 4.78 is 6.66. The zero-order valence-electron chi connectivity index (χ0n) is 11.7. The van der Waals surface area contributed by atoms with Crippen LogP contribution < -0.4 is 15.8 Å². The fraction of sp³-hybridized carbons (Fsp3) is 0.188. The summed E-state index contributed by atoms with van der Waals surface area (Å²) in [6.45, 7) is 2.27. The van der Waals surface area contributed by atoms with Crippen LogP contribution in [0.25, 0.3) is 0 Å². The van der Waals surface area contributed by atoms with Gasteiger partial charge in [0.15, 0.2) is 0 Å². The Morgan fingerprint density at radius 3 is 2.86 bits per heavy atom. The van der Waals surface area contributed by atoms with E-state index in [2.05, 4.69) is 27.9 Å². The van der Waals surface area contributed by atoms with E-state index in [-0.39, 0.29) is 5.91 Å². The smallest absolute Gasteiger partial charge is 0.227 e. The van der Waals surface area contributed by atoms with Gasteiger partial charge in [0.2, 0.25) is 5.91 Å². The lowest BCUT2D eigenvalue weighted by molar-refractivity contribution is -0.116. The van der Waals surface area contributed by atoms with Crippen LogP contribution in [0.5, 0.6) is 5.75 Å². The number of hydrogen-bond donors (Lipinski definition) is 2. The average molecular weight is 396 g/mol. The fourth-order valence-electron chi connectivity index (χ4n) is 1.81. The molecule has 1 amide bonds. The second kappa shape index (κ2) is 7.31. The third-order valence-corrected chi connectivity index (χ3v) is 3.60. The Bertz CT molecular complexity index is 644. The zero-order valence-corrected chi connectivity index (χ0v) is 13.9. The van der Waals surface area contributed by atoms with E-state index in [0.29, 0.717) is 18.7 Å². The van der Waals surface area contributed by atoms with Crippen LogP contribution in [0.1, 0.15) is 12.0 Å². The van der Waals surface area contributed by atoms with Gasteiger partial charge in [-0.2, -0.15) is 0 Å². The molecule has 0 aliphatic carbocycles. The highest BCUT2D eigenvalue weighted by Crippen LogP contribution is 2.18. The highest BCUT2D eigenvalue weighted by atomic mass is 127. The number of anilines is 2. The van der Waals surface area contributed by atoms with Crippen molar-refractivity contribution in [2.24, 2.45) is 0 Å². The standard InChI is InChI=1S/C16H17IN2O2/c1-11-5-6-13(18)10-15(11)19-16(20)7-8-21-14-4-2-3-12(17)9-14/h2-6,9-10H,7-8,18H2,1H3,(H,19,20). The van der Waals surface area contributed by atoms with E-state index in [1.54, 1.807) is 6.07 Å². The number of hydrogen-bond acceptors (Lipinski definition) is 3. The van der Waals surface area contributed by atoms with E-state index in [4.69, 9.17) is 10.5 Å². The Balaban J connectivity index is 1.84. The molecule has 2 rings (SSSR count). The van der Waals surface area contributed by atoms with Crippen molar-refractivity contribution in [2.75, 3.05) is 17.7 Å². The monoisotopic (exact) mass is 396 g/mol. The third-order valence-electron chi connectivity index (χ3n) is 2.93. The molecule has 0 spiro atoms. The molecule has 4 nitrogen and oxygen atoms in total. The van der Waals surface area contributed by atoms with E-state index < -0.39 is 0 Å². The summed E-state index contributed by atoms with van der Waals surface area (Å²) in [5, 5.41) is 2.85. The topological polar surface area (TPSA) is 64.3 Å². The quantitative estimate of drug-likeness (QED) is 0.600. The maximum Gasteiger partial charge on any atom is 0.227 e. The Morgan fingerprint density at radius 1 is 1.29 bits per heavy atom. The van der Waals surface area contributed by atoms with Crippen molar-refractivity contribution < 1.29 is 9.53 Å². The van der Waals surface area contributed by atoms with E-state index in [1.165, 1.54) is 0 Å². The molecular weight excluding hydrogens is 379 g/mol. The molecule has 5 heteroatoms. The third kappa shape index (κ3) is 4.93. The van der Waals surface area contributed by atoms with Crippen LogP contribution in [0, 0.1) is 10.5 Å². The Hall–Kier alpha value is -1.76. The second-order valence-electron chi connectivity index (χ2n) is 4.68. The van der Waals surface area contributed by atoms with Gasteiger partial charge in [-0.3, -0.25) is 4.79 Å². The lowest BCUT2D eigenvalue weighted by Crippen LogP contribution is -2.16. The zero-order chi connectivity index (χ0) is 15.2. The van der Waals surface area contributed by atoms with Crippen LogP contribution in [-0.2, 0) is 4.79 Å². The van der Waals surface area contributed by atoms with E-state index in [9.17, 15) is 4.79 Å². The number of nitrogen functional groups attached to an aromatic ring is 1. The van der Waals surface area contributed by atoms with Crippen molar-refractivity contribution in [1.82, 2.24) is 0 Å². The molecule has 110 valence electrons. The number of aryl methyl sites for hydroxylation is 1. The number of nitrogens with two attached hydrogens (primary N) is 1. The molecule has 3 N–H and O–H groups in total. The van der Waals surface area contributed by atoms with Crippen molar-refractivity contribution in [3.63, 3.8) is 0 Å². The maximum atomic E-state index is 11.9. The Labute approximate surface area is 137 Å². The molecule has 0 saturated heterocycles. The number of ether oxygens (including phenoxy) is 1. The van der Waals surface area contributed by atoms with Crippen LogP contribution in [0.2, 0.25) is 0 Å². The lowest BCUT2D eigenvalue weighted by Gasteiger charge is -2.10. The minimum Gasteiger partial charge on any atom is -0.493 e. The summed E-state index contributed by atoms with van der Waals surface area (Å²) in [5.41, 5.74) is 8.07. The highest BCUT2D eigenvalue weighted by molar-refractivity contribution is 14.1. The largest absolute Gasteiger partial charge is 0.493 e. The van der Waals surface area contributed by atoms with Gasteiger partial charge in [-0.1, -0.05) is 12.1 Å². The number of carbonyl (C=O) groups excluding carboxylic acids is 1. The Morgan fingerprint density at radius 2 is 2.10 bits per heavy atom. The van der Waals surface area contributed by atoms with Gasteiger partial charge in [0.05, 0.1) is 13.0 Å². The number of rotatable bonds is 5. The van der Waals surface area contributed by atoms with Gasteiger partial charge < -0.3 is 15.8 Å². The second-order valence-corrected chi connectivity index (χ2v) is 5.92. The summed E-state index contributed by atoms with van der Waals surface area (Å²) >= 11 is 2.22. The fourth-order valence-corrected chi connectivity index (χ4v) is 2.32. The molecule has 2 aromatic rings. The van der Waals surface area contributed by atoms with Gasteiger partial charge in [0.1, 0.15) is 5.75 Å². The molecule has 0 aliphatic heterocycles. The van der Waals surface area contributed by atoms with Crippen LogP contribution in [0.3, 0.4) is 0 Å². The number of halogens is 1. The SMILES string of the molecule is Cc1ccc(N)cc1NC(=O)CCOc1cccc(I)c1. The van der Waals surface area contributed by atoms with Gasteiger partial charge in [0, 0.05) is 14.9 Å². The molecule has 0 radical (unpaired) electrons. The molecule has 0 heterocycles. The lowest BCUT2D eigenvalue weighted by atomic mass is 10.2. The summed E-state index contributed by atoms with van der Waals surface area (Å²) in [4.78, 5) is 11.9. The molecule has 0 aliphatic rings. The molecule has 0 aromatic heterocycles. The predicted octanol–water partition coefficient (Wildman–Crippen LogP) is 3.59. The molecule has 0 fully saturated rings. The van der Waals surface area contributed by atoms with E-state index in [1.807, 2.05) is 43.3 Å². The molecule has 21 heavy (non-hydrogen) atoms. The molecule has 0 atom stereocenters. The minimum absolute atomic E-state index is 0.0886. The van der Waals surface area contributed by atoms with E-state index in [0.717, 1.165) is 20.6 Å². The average Bonchev–Trinajstić information content (AvgIpc) is 2.43. The first kappa shape index (κ1) is 15.6. The van der Waals surface area contributed by atoms with Crippen molar-refractivity contribution in [3.05, 3.63) is 51.6 Å². The van der Waals surface area contributed by atoms with Crippen molar-refractivity contribution in [1.29, 1.82) is 0 Å². The van der Waals surface area contributed by atoms with Gasteiger partial charge in [-0.05, 0) is 65.4 Å². The number of amides is 1. The van der Waals surface area contributed by atoms with Crippen LogP contribution in [-0.4, -0.2) is 12.5 Å². The summed E-state index contributed by atoms with van der Waals surface area (Å²) in [6.07, 6.45) is 0.291. The van der Waals surface area contributed by atoms with E-state index >= 15 is 0 Å². The van der Waals surface area contributed by atoms with Gasteiger partial charge in [-0.25, -0.2) is 0 Å². The van der Waals surface area contributed by atoms with Crippen LogP contribution in [0.4, 0.5) is 11.4 Å². The highest BCUT2D eigenvalue weighted by Gasteiger charge is 2.06. The van der Waals surface area contributed by atoms with Crippen molar-refractivity contribution in [2.45, 2.75) is 13.3 Å². The molecule has 0 bridgehead atoms. The van der Waals surface area contributed by atoms with Crippen LogP contribution in [0.15, 0.2) is 42.5 Å². The summed E-state index contributed by atoms with van der Waals surface area (Å²) in [6, 6.07) is 13.2. The predicted molar refractivity (Wildman–Crippen MR) is 93.5 cm³/mol. The maximum absolute atomic E-state index is 11.9. The summed E-state index contributed by atoms with van der Waals surface area (Å²) in [5.74, 6) is 0.684. The normalized spacial score (nSPS) is 10.2. The molecule has 0 saturated carbocycles. The van der Waals surface area contributed by atoms with Gasteiger partial charge >= 0.3 is 0 Å². The van der Waals surface area contributed by atoms with Gasteiger partial charge in [0.25, 0.3) is 0 Å².